The van der Waals surface area contributed by atoms with Crippen molar-refractivity contribution < 1.29 is 24.5 Å². The van der Waals surface area contributed by atoms with Crippen LogP contribution < -0.4 is 0 Å². The quantitative estimate of drug-likeness (QED) is 0.641. The molecule has 0 radical (unpaired) electrons. The molecule has 1 atom stereocenters. The van der Waals surface area contributed by atoms with E-state index in [0.29, 0.717) is 0 Å². The standard InChI is InChI=1S/C9H14O5/c10-7(5-8(11)12)9(13)14-6-3-1-2-4-6/h6-7,10H,1-5H2,(H,11,12). The third-order valence-corrected chi connectivity index (χ3v) is 2.23. The van der Waals surface area contributed by atoms with Gasteiger partial charge in [0.25, 0.3) is 0 Å². The molecule has 1 saturated carbocycles. The lowest BCUT2D eigenvalue weighted by molar-refractivity contribution is -0.162. The molecule has 1 fully saturated rings. The van der Waals surface area contributed by atoms with Crippen molar-refractivity contribution in [2.45, 2.75) is 44.3 Å². The first kappa shape index (κ1) is 11.0. The van der Waals surface area contributed by atoms with Gasteiger partial charge in [-0.25, -0.2) is 4.79 Å². The van der Waals surface area contributed by atoms with E-state index in [2.05, 4.69) is 0 Å². The zero-order valence-electron chi connectivity index (χ0n) is 7.81. The summed E-state index contributed by atoms with van der Waals surface area (Å²) in [7, 11) is 0. The molecule has 0 aromatic carbocycles. The summed E-state index contributed by atoms with van der Waals surface area (Å²) in [4.78, 5) is 21.3. The Kier molecular flexibility index (Phi) is 3.88. The Bertz CT molecular complexity index is 219. The number of carbonyl (C=O) groups is 2. The second-order valence-corrected chi connectivity index (χ2v) is 3.46. The number of carbonyl (C=O) groups excluding carboxylic acids is 1. The van der Waals surface area contributed by atoms with Crippen LogP contribution in [-0.2, 0) is 14.3 Å². The summed E-state index contributed by atoms with van der Waals surface area (Å²) in [5.74, 6) is -2.03. The van der Waals surface area contributed by atoms with E-state index in [1.54, 1.807) is 0 Å². The van der Waals surface area contributed by atoms with Gasteiger partial charge in [-0.15, -0.1) is 0 Å². The Labute approximate surface area is 81.7 Å². The summed E-state index contributed by atoms with van der Waals surface area (Å²) in [5, 5.41) is 17.4. The van der Waals surface area contributed by atoms with Crippen molar-refractivity contribution in [3.63, 3.8) is 0 Å². The Hall–Kier alpha value is -1.10. The number of aliphatic carboxylic acids is 1. The number of hydrogen-bond donors (Lipinski definition) is 2. The zero-order valence-corrected chi connectivity index (χ0v) is 7.81. The second kappa shape index (κ2) is 4.95. The average molecular weight is 202 g/mol. The fourth-order valence-corrected chi connectivity index (χ4v) is 1.50. The summed E-state index contributed by atoms with van der Waals surface area (Å²) >= 11 is 0. The molecule has 0 saturated heterocycles. The van der Waals surface area contributed by atoms with Crippen molar-refractivity contribution in [3.8, 4) is 0 Å². The number of aliphatic hydroxyl groups excluding tert-OH is 1. The van der Waals surface area contributed by atoms with Gasteiger partial charge in [0.2, 0.25) is 0 Å². The summed E-state index contributed by atoms with van der Waals surface area (Å²) in [5.41, 5.74) is 0. The summed E-state index contributed by atoms with van der Waals surface area (Å²) in [6, 6.07) is 0. The van der Waals surface area contributed by atoms with Crippen molar-refractivity contribution in [1.82, 2.24) is 0 Å². The molecular formula is C9H14O5. The smallest absolute Gasteiger partial charge is 0.335 e. The number of esters is 1. The first-order chi connectivity index (χ1) is 6.59. The molecule has 14 heavy (non-hydrogen) atoms. The van der Waals surface area contributed by atoms with Crippen LogP contribution in [0.2, 0.25) is 0 Å². The van der Waals surface area contributed by atoms with Gasteiger partial charge in [0.15, 0.2) is 6.10 Å². The summed E-state index contributed by atoms with van der Waals surface area (Å²) < 4.78 is 4.92. The van der Waals surface area contributed by atoms with E-state index in [4.69, 9.17) is 14.9 Å². The van der Waals surface area contributed by atoms with Crippen LogP contribution in [0.5, 0.6) is 0 Å². The normalized spacial score (nSPS) is 19.2. The zero-order chi connectivity index (χ0) is 10.6. The Balaban J connectivity index is 2.29. The molecule has 80 valence electrons. The number of ether oxygens (including phenoxy) is 1. The molecule has 0 aromatic heterocycles. The molecule has 2 N–H and O–H groups in total. The van der Waals surface area contributed by atoms with Crippen LogP contribution in [0.25, 0.3) is 0 Å². The Morgan fingerprint density at radius 1 is 1.36 bits per heavy atom. The van der Waals surface area contributed by atoms with Gasteiger partial charge in [-0.2, -0.15) is 0 Å². The van der Waals surface area contributed by atoms with Gasteiger partial charge in [-0.3, -0.25) is 4.79 Å². The van der Waals surface area contributed by atoms with Crippen molar-refractivity contribution in [3.05, 3.63) is 0 Å². The van der Waals surface area contributed by atoms with Crippen LogP contribution in [0, 0.1) is 0 Å². The highest BCUT2D eigenvalue weighted by Gasteiger charge is 2.25. The van der Waals surface area contributed by atoms with E-state index in [1.165, 1.54) is 0 Å². The lowest BCUT2D eigenvalue weighted by Crippen LogP contribution is -2.28. The van der Waals surface area contributed by atoms with Gasteiger partial charge in [0.1, 0.15) is 6.10 Å². The Morgan fingerprint density at radius 3 is 2.43 bits per heavy atom. The number of carboxylic acids is 1. The highest BCUT2D eigenvalue weighted by Crippen LogP contribution is 2.21. The topological polar surface area (TPSA) is 83.8 Å². The number of rotatable bonds is 4. The van der Waals surface area contributed by atoms with Gasteiger partial charge < -0.3 is 14.9 Å². The molecule has 0 amide bonds. The van der Waals surface area contributed by atoms with Gasteiger partial charge >= 0.3 is 11.9 Å². The highest BCUT2D eigenvalue weighted by molar-refractivity contribution is 5.80. The lowest BCUT2D eigenvalue weighted by atomic mass is 10.2. The predicted molar refractivity (Wildman–Crippen MR) is 46.6 cm³/mol. The molecule has 1 aliphatic rings. The van der Waals surface area contributed by atoms with E-state index in [9.17, 15) is 9.59 Å². The average Bonchev–Trinajstić information content (AvgIpc) is 2.55. The van der Waals surface area contributed by atoms with E-state index in [1.807, 2.05) is 0 Å². The van der Waals surface area contributed by atoms with Gasteiger partial charge in [0, 0.05) is 0 Å². The summed E-state index contributed by atoms with van der Waals surface area (Å²) in [6.45, 7) is 0. The minimum Gasteiger partial charge on any atom is -0.481 e. The van der Waals surface area contributed by atoms with Crippen molar-refractivity contribution >= 4 is 11.9 Å². The maximum Gasteiger partial charge on any atom is 0.335 e. The van der Waals surface area contributed by atoms with E-state index in [0.717, 1.165) is 25.7 Å². The SMILES string of the molecule is O=C(O)CC(O)C(=O)OC1CCCC1. The second-order valence-electron chi connectivity index (χ2n) is 3.46. The van der Waals surface area contributed by atoms with E-state index in [-0.39, 0.29) is 6.10 Å². The number of aliphatic hydroxyl groups is 1. The molecule has 0 aliphatic heterocycles. The maximum absolute atomic E-state index is 11.1. The van der Waals surface area contributed by atoms with E-state index < -0.39 is 24.5 Å². The summed E-state index contributed by atoms with van der Waals surface area (Å²) in [6.07, 6.45) is 1.40. The molecule has 0 spiro atoms. The molecular weight excluding hydrogens is 188 g/mol. The maximum atomic E-state index is 11.1. The molecule has 1 unspecified atom stereocenters. The molecule has 1 rings (SSSR count). The molecule has 0 bridgehead atoms. The van der Waals surface area contributed by atoms with Crippen LogP contribution in [-0.4, -0.2) is 34.4 Å². The fourth-order valence-electron chi connectivity index (χ4n) is 1.50. The molecule has 0 heterocycles. The largest absolute Gasteiger partial charge is 0.481 e. The fraction of sp³-hybridized carbons (Fsp3) is 0.778. The van der Waals surface area contributed by atoms with Gasteiger partial charge in [0.05, 0.1) is 6.42 Å². The first-order valence-electron chi connectivity index (χ1n) is 4.70. The predicted octanol–water partition coefficient (Wildman–Crippen LogP) is 0.308. The van der Waals surface area contributed by atoms with Crippen LogP contribution in [0.1, 0.15) is 32.1 Å². The van der Waals surface area contributed by atoms with Crippen LogP contribution in [0.4, 0.5) is 0 Å². The third kappa shape index (κ3) is 3.33. The van der Waals surface area contributed by atoms with Crippen LogP contribution in [0.15, 0.2) is 0 Å². The van der Waals surface area contributed by atoms with Gasteiger partial charge in [-0.05, 0) is 25.7 Å². The van der Waals surface area contributed by atoms with Crippen molar-refractivity contribution in [1.29, 1.82) is 0 Å². The molecule has 0 aromatic rings. The van der Waals surface area contributed by atoms with E-state index >= 15 is 0 Å². The Morgan fingerprint density at radius 2 is 1.93 bits per heavy atom. The molecule has 5 heteroatoms. The lowest BCUT2D eigenvalue weighted by Gasteiger charge is -2.13. The van der Waals surface area contributed by atoms with Crippen molar-refractivity contribution in [2.24, 2.45) is 0 Å². The minimum absolute atomic E-state index is 0.133. The van der Waals surface area contributed by atoms with Crippen LogP contribution >= 0.6 is 0 Å². The third-order valence-electron chi connectivity index (χ3n) is 2.23. The van der Waals surface area contributed by atoms with Crippen LogP contribution in [0.3, 0.4) is 0 Å². The first-order valence-corrected chi connectivity index (χ1v) is 4.70. The monoisotopic (exact) mass is 202 g/mol. The van der Waals surface area contributed by atoms with Gasteiger partial charge in [-0.1, -0.05) is 0 Å². The number of carboxylic acid groups (broad SMARTS) is 1. The van der Waals surface area contributed by atoms with Crippen molar-refractivity contribution in [2.75, 3.05) is 0 Å². The molecule has 5 nitrogen and oxygen atoms in total. The minimum atomic E-state index is -1.53. The number of hydrogen-bond acceptors (Lipinski definition) is 4. The molecule has 1 aliphatic carbocycles. The highest BCUT2D eigenvalue weighted by atomic mass is 16.6.